The summed E-state index contributed by atoms with van der Waals surface area (Å²) in [5.74, 6) is -0.756. The van der Waals surface area contributed by atoms with Crippen molar-refractivity contribution in [1.29, 1.82) is 0 Å². The topological polar surface area (TPSA) is 112 Å². The highest BCUT2D eigenvalue weighted by Crippen LogP contribution is 2.29. The number of rotatable bonds is 6. The molecule has 1 aromatic heterocycles. The molecule has 1 fully saturated rings. The third kappa shape index (κ3) is 5.97. The van der Waals surface area contributed by atoms with Crippen molar-refractivity contribution in [3.05, 3.63) is 41.0 Å². The summed E-state index contributed by atoms with van der Waals surface area (Å²) in [6.45, 7) is 9.34. The van der Waals surface area contributed by atoms with E-state index in [1.807, 2.05) is 64.4 Å². The van der Waals surface area contributed by atoms with Crippen LogP contribution in [0.5, 0.6) is 0 Å². The molecule has 4 atom stereocenters. The summed E-state index contributed by atoms with van der Waals surface area (Å²) in [4.78, 5) is 44.8. The van der Waals surface area contributed by atoms with Gasteiger partial charge in [0, 0.05) is 13.0 Å². The van der Waals surface area contributed by atoms with Gasteiger partial charge >= 0.3 is 0 Å². The summed E-state index contributed by atoms with van der Waals surface area (Å²) in [6.07, 6.45) is -0.677. The third-order valence-electron chi connectivity index (χ3n) is 6.02. The maximum Gasteiger partial charge on any atom is 0.276 e. The molecule has 0 aliphatic carbocycles. The number of nitrogens with zero attached hydrogens (tertiary/aromatic N) is 2. The average molecular weight is 505 g/mol. The molecule has 3 rings (SSSR count). The molecule has 3 amide bonds. The van der Waals surface area contributed by atoms with Crippen LogP contribution in [0.1, 0.15) is 51.4 Å². The first kappa shape index (κ1) is 26.2. The van der Waals surface area contributed by atoms with E-state index in [2.05, 4.69) is 28.2 Å². The first-order chi connectivity index (χ1) is 15.9. The zero-order valence-electron chi connectivity index (χ0n) is 20.0. The number of aryl methyl sites for hydroxylation is 1. The molecule has 1 saturated heterocycles. The molecule has 34 heavy (non-hydrogen) atoms. The highest BCUT2D eigenvalue weighted by Gasteiger charge is 2.44. The van der Waals surface area contributed by atoms with Crippen molar-refractivity contribution in [2.45, 2.75) is 65.3 Å². The molecule has 0 unspecified atom stereocenters. The van der Waals surface area contributed by atoms with Crippen LogP contribution in [0.3, 0.4) is 0 Å². The van der Waals surface area contributed by atoms with Crippen LogP contribution in [-0.4, -0.2) is 56.8 Å². The fraction of sp³-hybridized carbons (Fsp3) is 0.500. The minimum Gasteiger partial charge on any atom is -0.391 e. The SMILES string of the molecule is Cc1ncsc1-c1ccc([C@H](C)NC(=O)[C@@H]2C[C@@H](O)CN2C(=O)[C@@H](NC(=O)S)C(C)(C)C)cc1. The smallest absolute Gasteiger partial charge is 0.276 e. The zero-order chi connectivity index (χ0) is 25.2. The van der Waals surface area contributed by atoms with Gasteiger partial charge in [0.05, 0.1) is 28.2 Å². The number of aliphatic hydroxyl groups is 1. The Bertz CT molecular complexity index is 1050. The lowest BCUT2D eigenvalue weighted by molar-refractivity contribution is -0.142. The molecule has 8 nitrogen and oxygen atoms in total. The van der Waals surface area contributed by atoms with Gasteiger partial charge in [0.15, 0.2) is 0 Å². The maximum atomic E-state index is 13.3. The maximum absolute atomic E-state index is 13.3. The highest BCUT2D eigenvalue weighted by atomic mass is 32.1. The number of carbonyl (C=O) groups excluding carboxylic acids is 3. The van der Waals surface area contributed by atoms with Crippen molar-refractivity contribution < 1.29 is 19.5 Å². The largest absolute Gasteiger partial charge is 0.391 e. The second-order valence-electron chi connectivity index (χ2n) is 9.76. The molecule has 1 aliphatic heterocycles. The predicted octanol–water partition coefficient (Wildman–Crippen LogP) is 3.31. The van der Waals surface area contributed by atoms with Crippen LogP contribution < -0.4 is 10.6 Å². The van der Waals surface area contributed by atoms with Crippen molar-refractivity contribution in [1.82, 2.24) is 20.5 Å². The minimum atomic E-state index is -0.877. The summed E-state index contributed by atoms with van der Waals surface area (Å²) < 4.78 is 0. The molecular formula is C24H32N4O4S2. The highest BCUT2D eigenvalue weighted by molar-refractivity contribution is 7.96. The normalized spacial score (nSPS) is 20.0. The molecule has 1 aromatic carbocycles. The van der Waals surface area contributed by atoms with Gasteiger partial charge < -0.3 is 20.6 Å². The Kier molecular flexibility index (Phi) is 8.05. The molecule has 0 radical (unpaired) electrons. The Labute approximate surface area is 209 Å². The molecule has 10 heteroatoms. The van der Waals surface area contributed by atoms with Crippen LogP contribution in [0.2, 0.25) is 0 Å². The predicted molar refractivity (Wildman–Crippen MR) is 136 cm³/mol. The van der Waals surface area contributed by atoms with E-state index >= 15 is 0 Å². The Morgan fingerprint density at radius 1 is 1.21 bits per heavy atom. The second-order valence-corrected chi connectivity index (χ2v) is 11.0. The monoisotopic (exact) mass is 504 g/mol. The van der Waals surface area contributed by atoms with Crippen molar-refractivity contribution in [2.24, 2.45) is 5.41 Å². The van der Waals surface area contributed by atoms with Gasteiger partial charge in [-0.3, -0.25) is 14.4 Å². The van der Waals surface area contributed by atoms with Crippen molar-refractivity contribution in [3.63, 3.8) is 0 Å². The van der Waals surface area contributed by atoms with E-state index < -0.39 is 34.7 Å². The first-order valence-electron chi connectivity index (χ1n) is 11.2. The van der Waals surface area contributed by atoms with E-state index in [4.69, 9.17) is 0 Å². The molecule has 184 valence electrons. The molecule has 3 N–H and O–H groups in total. The van der Waals surface area contributed by atoms with Gasteiger partial charge in [-0.25, -0.2) is 4.98 Å². The number of nitrogens with one attached hydrogen (secondary N) is 2. The Balaban J connectivity index is 1.72. The minimum absolute atomic E-state index is 0.0310. The number of thiol groups is 1. The second kappa shape index (κ2) is 10.5. The number of hydrogen-bond donors (Lipinski definition) is 4. The Morgan fingerprint density at radius 3 is 2.38 bits per heavy atom. The van der Waals surface area contributed by atoms with Crippen LogP contribution in [0.4, 0.5) is 4.79 Å². The quantitative estimate of drug-likeness (QED) is 0.451. The number of thiazole rings is 1. The zero-order valence-corrected chi connectivity index (χ0v) is 21.7. The van der Waals surface area contributed by atoms with Crippen LogP contribution >= 0.6 is 24.0 Å². The number of aliphatic hydroxyl groups excluding tert-OH is 1. The lowest BCUT2D eigenvalue weighted by Gasteiger charge is -2.35. The number of likely N-dealkylation sites (tertiary alicyclic amines) is 1. The van der Waals surface area contributed by atoms with Crippen molar-refractivity contribution in [3.8, 4) is 10.4 Å². The number of β-amino-alcohol motifs (C(OH)–C–C–N with tert-alkyl or cyclic N) is 1. The molecule has 1 aliphatic rings. The average Bonchev–Trinajstić information content (AvgIpc) is 3.36. The van der Waals surface area contributed by atoms with Gasteiger partial charge in [0.25, 0.3) is 5.24 Å². The van der Waals surface area contributed by atoms with E-state index in [9.17, 15) is 19.5 Å². The number of carbonyl (C=O) groups is 3. The fourth-order valence-electron chi connectivity index (χ4n) is 4.14. The van der Waals surface area contributed by atoms with Gasteiger partial charge in [-0.15, -0.1) is 11.3 Å². The van der Waals surface area contributed by atoms with Crippen molar-refractivity contribution >= 4 is 41.0 Å². The summed E-state index contributed by atoms with van der Waals surface area (Å²) in [5.41, 5.74) is 4.18. The van der Waals surface area contributed by atoms with Crippen LogP contribution in [0.25, 0.3) is 10.4 Å². The number of amides is 3. The Hall–Kier alpha value is -2.43. The molecule has 2 heterocycles. The van der Waals surface area contributed by atoms with Crippen LogP contribution in [-0.2, 0) is 9.59 Å². The van der Waals surface area contributed by atoms with Gasteiger partial charge in [-0.1, -0.05) is 57.7 Å². The van der Waals surface area contributed by atoms with E-state index in [1.54, 1.807) is 11.3 Å². The lowest BCUT2D eigenvalue weighted by Crippen LogP contribution is -2.57. The van der Waals surface area contributed by atoms with E-state index in [-0.39, 0.29) is 24.9 Å². The standard InChI is InChI=1S/C24H32N4O4S2/c1-13(15-6-8-16(9-7-15)19-14(2)25-12-34-19)26-21(30)18-10-17(29)11-28(18)22(31)20(24(3,4)5)27-23(32)33/h6-9,12-13,17-18,20,29H,10-11H2,1-5H3,(H,26,30)(H2,27,32,33)/t13-,17+,18-,20+/m0/s1. The molecule has 0 bridgehead atoms. The molecule has 0 saturated carbocycles. The summed E-state index contributed by atoms with van der Waals surface area (Å²) in [7, 11) is 0. The van der Waals surface area contributed by atoms with Crippen LogP contribution in [0, 0.1) is 12.3 Å². The van der Waals surface area contributed by atoms with E-state index in [0.717, 1.165) is 21.7 Å². The molecule has 0 spiro atoms. The molecule has 2 aromatic rings. The fourth-order valence-corrected chi connectivity index (χ4v) is 5.08. The lowest BCUT2D eigenvalue weighted by atomic mass is 9.85. The number of hydrogen-bond acceptors (Lipinski definition) is 6. The van der Waals surface area contributed by atoms with Gasteiger partial charge in [0.2, 0.25) is 11.8 Å². The van der Waals surface area contributed by atoms with Gasteiger partial charge in [0.1, 0.15) is 12.1 Å². The van der Waals surface area contributed by atoms with Gasteiger partial charge in [-0.2, -0.15) is 0 Å². The summed E-state index contributed by atoms with van der Waals surface area (Å²) in [6, 6.07) is 5.93. The summed E-state index contributed by atoms with van der Waals surface area (Å²) >= 11 is 5.33. The number of benzene rings is 1. The van der Waals surface area contributed by atoms with Gasteiger partial charge in [-0.05, 0) is 30.4 Å². The summed E-state index contributed by atoms with van der Waals surface area (Å²) in [5, 5.41) is 15.2. The third-order valence-corrected chi connectivity index (χ3v) is 7.13. The van der Waals surface area contributed by atoms with E-state index in [1.165, 1.54) is 4.90 Å². The van der Waals surface area contributed by atoms with Crippen molar-refractivity contribution in [2.75, 3.05) is 6.54 Å². The Morgan fingerprint density at radius 2 is 1.85 bits per heavy atom. The van der Waals surface area contributed by atoms with E-state index in [0.29, 0.717) is 0 Å². The molecular weight excluding hydrogens is 472 g/mol. The van der Waals surface area contributed by atoms with Crippen LogP contribution in [0.15, 0.2) is 29.8 Å². The number of aromatic nitrogens is 1. The first-order valence-corrected chi connectivity index (χ1v) is 12.5.